The van der Waals surface area contributed by atoms with Crippen molar-refractivity contribution >= 4 is 22.9 Å². The van der Waals surface area contributed by atoms with Gasteiger partial charge >= 0.3 is 12.1 Å². The summed E-state index contributed by atoms with van der Waals surface area (Å²) in [4.78, 5) is 27.6. The monoisotopic (exact) mass is 423 g/mol. The summed E-state index contributed by atoms with van der Waals surface area (Å²) >= 11 is 0. The summed E-state index contributed by atoms with van der Waals surface area (Å²) in [5.41, 5.74) is 1.31. The Bertz CT molecular complexity index is 1100. The normalized spacial score (nSPS) is 11.4. The van der Waals surface area contributed by atoms with Crippen LogP contribution in [0.2, 0.25) is 0 Å². The van der Waals surface area contributed by atoms with Crippen molar-refractivity contribution in [2.45, 2.75) is 6.18 Å². The van der Waals surface area contributed by atoms with Crippen LogP contribution in [0, 0.1) is 0 Å². The van der Waals surface area contributed by atoms with Crippen LogP contribution in [-0.2, 0) is 0 Å². The lowest BCUT2D eigenvalue weighted by molar-refractivity contribution is -0.123. The van der Waals surface area contributed by atoms with Gasteiger partial charge < -0.3 is 19.9 Å². The van der Waals surface area contributed by atoms with E-state index in [1.165, 1.54) is 44.8 Å². The maximum atomic E-state index is 12.4. The predicted molar refractivity (Wildman–Crippen MR) is 99.5 cm³/mol. The van der Waals surface area contributed by atoms with E-state index in [0.717, 1.165) is 0 Å². The van der Waals surface area contributed by atoms with Crippen molar-refractivity contribution in [3.8, 4) is 17.2 Å². The Labute approximate surface area is 167 Å². The number of alkyl halides is 3. The van der Waals surface area contributed by atoms with Gasteiger partial charge in [0.1, 0.15) is 29.9 Å². The van der Waals surface area contributed by atoms with Gasteiger partial charge in [-0.25, -0.2) is 9.78 Å². The summed E-state index contributed by atoms with van der Waals surface area (Å²) in [6.45, 7) is -1.50. The number of carbonyl (C=O) groups is 2. The van der Waals surface area contributed by atoms with Crippen LogP contribution in [0.5, 0.6) is 11.5 Å². The molecule has 8 nitrogen and oxygen atoms in total. The average molecular weight is 423 g/mol. The molecule has 0 aliphatic carbocycles. The first kappa shape index (κ1) is 21.0. The van der Waals surface area contributed by atoms with Crippen molar-refractivity contribution in [2.75, 3.05) is 20.8 Å². The molecule has 0 atom stereocenters. The van der Waals surface area contributed by atoms with E-state index in [0.29, 0.717) is 16.7 Å². The van der Waals surface area contributed by atoms with E-state index >= 15 is 0 Å². The lowest BCUT2D eigenvalue weighted by Crippen LogP contribution is -2.34. The number of carboxylic acids is 1. The Morgan fingerprint density at radius 3 is 2.30 bits per heavy atom. The summed E-state index contributed by atoms with van der Waals surface area (Å²) in [6.07, 6.45) is -3.13. The second-order valence-electron chi connectivity index (χ2n) is 6.15. The summed E-state index contributed by atoms with van der Waals surface area (Å²) < 4.78 is 49.4. The van der Waals surface area contributed by atoms with Crippen LogP contribution in [0.25, 0.3) is 16.7 Å². The number of aromatic nitrogens is 2. The number of rotatable bonds is 6. The number of hydrogen-bond donors (Lipinski definition) is 2. The molecule has 0 spiro atoms. The predicted octanol–water partition coefficient (Wildman–Crippen LogP) is 3.03. The standard InChI is InChI=1S/C19H16F3N3O5/c1-29-14-6-11(7-15(30-2)16(14)17(26)23-8-19(20,21)22)25-9-24-12-5-10(18(27)28)3-4-13(12)25/h3-7,9H,8H2,1-2H3,(H,23,26)(H,27,28). The average Bonchev–Trinajstić information content (AvgIpc) is 3.13. The van der Waals surface area contributed by atoms with Gasteiger partial charge in [-0.3, -0.25) is 9.36 Å². The number of benzene rings is 2. The van der Waals surface area contributed by atoms with Gasteiger partial charge in [-0.2, -0.15) is 13.2 Å². The van der Waals surface area contributed by atoms with Crippen molar-refractivity contribution in [2.24, 2.45) is 0 Å². The van der Waals surface area contributed by atoms with Gasteiger partial charge in [0.25, 0.3) is 5.91 Å². The number of methoxy groups -OCH3 is 2. The van der Waals surface area contributed by atoms with Crippen molar-refractivity contribution in [1.82, 2.24) is 14.9 Å². The SMILES string of the molecule is COc1cc(-n2cnc3cc(C(=O)O)ccc32)cc(OC)c1C(=O)NCC(F)(F)F. The van der Waals surface area contributed by atoms with Crippen LogP contribution in [-0.4, -0.2) is 53.5 Å². The molecule has 2 aromatic carbocycles. The van der Waals surface area contributed by atoms with E-state index in [1.807, 2.05) is 0 Å². The number of aromatic carboxylic acids is 1. The quantitative estimate of drug-likeness (QED) is 0.632. The van der Waals surface area contributed by atoms with E-state index in [9.17, 15) is 22.8 Å². The topological polar surface area (TPSA) is 103 Å². The minimum atomic E-state index is -4.57. The van der Waals surface area contributed by atoms with Gasteiger partial charge in [0.2, 0.25) is 0 Å². The fourth-order valence-corrected chi connectivity index (χ4v) is 2.88. The molecule has 0 radical (unpaired) electrons. The number of amides is 1. The van der Waals surface area contributed by atoms with Crippen molar-refractivity contribution in [3.05, 3.63) is 47.8 Å². The maximum absolute atomic E-state index is 12.4. The van der Waals surface area contributed by atoms with Gasteiger partial charge in [0, 0.05) is 12.1 Å². The number of nitrogens with zero attached hydrogens (tertiary/aromatic N) is 2. The minimum absolute atomic E-state index is 0.00645. The number of ether oxygens (including phenoxy) is 2. The zero-order valence-corrected chi connectivity index (χ0v) is 15.8. The Hall–Kier alpha value is -3.76. The molecule has 0 unspecified atom stereocenters. The first-order chi connectivity index (χ1) is 14.1. The zero-order valence-electron chi connectivity index (χ0n) is 15.8. The van der Waals surface area contributed by atoms with E-state index in [-0.39, 0.29) is 22.6 Å². The molecule has 1 heterocycles. The van der Waals surface area contributed by atoms with Crippen LogP contribution in [0.15, 0.2) is 36.7 Å². The fourth-order valence-electron chi connectivity index (χ4n) is 2.88. The number of nitrogens with one attached hydrogen (secondary N) is 1. The third-order valence-electron chi connectivity index (χ3n) is 4.24. The van der Waals surface area contributed by atoms with Gasteiger partial charge in [-0.1, -0.05) is 0 Å². The lowest BCUT2D eigenvalue weighted by Gasteiger charge is -2.16. The Balaban J connectivity index is 2.06. The molecule has 0 bridgehead atoms. The highest BCUT2D eigenvalue weighted by molar-refractivity contribution is 6.00. The molecule has 1 aromatic heterocycles. The smallest absolute Gasteiger partial charge is 0.405 e. The van der Waals surface area contributed by atoms with E-state index in [1.54, 1.807) is 16.0 Å². The van der Waals surface area contributed by atoms with Crippen LogP contribution in [0.4, 0.5) is 13.2 Å². The number of hydrogen-bond acceptors (Lipinski definition) is 5. The molecule has 0 aliphatic heterocycles. The fraction of sp³-hybridized carbons (Fsp3) is 0.211. The molecular formula is C19H16F3N3O5. The lowest BCUT2D eigenvalue weighted by atomic mass is 10.1. The Morgan fingerprint density at radius 2 is 1.77 bits per heavy atom. The van der Waals surface area contributed by atoms with Crippen molar-refractivity contribution in [1.29, 1.82) is 0 Å². The highest BCUT2D eigenvalue weighted by Gasteiger charge is 2.30. The third-order valence-corrected chi connectivity index (χ3v) is 4.24. The van der Waals surface area contributed by atoms with Crippen LogP contribution in [0.3, 0.4) is 0 Å². The highest BCUT2D eigenvalue weighted by Crippen LogP contribution is 2.33. The van der Waals surface area contributed by atoms with Crippen molar-refractivity contribution in [3.63, 3.8) is 0 Å². The molecule has 11 heteroatoms. The van der Waals surface area contributed by atoms with E-state index in [4.69, 9.17) is 14.6 Å². The molecular weight excluding hydrogens is 407 g/mol. The minimum Gasteiger partial charge on any atom is -0.496 e. The molecule has 0 saturated carbocycles. The molecule has 0 aliphatic rings. The van der Waals surface area contributed by atoms with Crippen LogP contribution in [0.1, 0.15) is 20.7 Å². The van der Waals surface area contributed by atoms with Crippen LogP contribution >= 0.6 is 0 Å². The first-order valence-electron chi connectivity index (χ1n) is 8.46. The number of carbonyl (C=O) groups excluding carboxylic acids is 1. The largest absolute Gasteiger partial charge is 0.496 e. The summed E-state index contributed by atoms with van der Waals surface area (Å²) in [5.74, 6) is -2.11. The summed E-state index contributed by atoms with van der Waals surface area (Å²) in [6, 6.07) is 7.26. The number of halogens is 3. The molecule has 158 valence electrons. The zero-order chi connectivity index (χ0) is 22.1. The van der Waals surface area contributed by atoms with Crippen LogP contribution < -0.4 is 14.8 Å². The number of imidazole rings is 1. The molecule has 3 aromatic rings. The molecule has 1 amide bonds. The highest BCUT2D eigenvalue weighted by atomic mass is 19.4. The Morgan fingerprint density at radius 1 is 1.13 bits per heavy atom. The summed E-state index contributed by atoms with van der Waals surface area (Å²) in [7, 11) is 2.54. The van der Waals surface area contributed by atoms with E-state index < -0.39 is 24.6 Å². The molecule has 0 fully saturated rings. The second kappa shape index (κ2) is 7.93. The van der Waals surface area contributed by atoms with Gasteiger partial charge in [-0.05, 0) is 18.2 Å². The third kappa shape index (κ3) is 4.14. The molecule has 2 N–H and O–H groups in total. The summed E-state index contributed by atoms with van der Waals surface area (Å²) in [5, 5.41) is 10.9. The van der Waals surface area contributed by atoms with Gasteiger partial charge in [-0.15, -0.1) is 0 Å². The second-order valence-corrected chi connectivity index (χ2v) is 6.15. The number of fused-ring (bicyclic) bond motifs is 1. The van der Waals surface area contributed by atoms with Gasteiger partial charge in [0.15, 0.2) is 0 Å². The molecule has 3 rings (SSSR count). The Kier molecular flexibility index (Phi) is 5.54. The van der Waals surface area contributed by atoms with Crippen molar-refractivity contribution < 1.29 is 37.3 Å². The number of carboxylic acid groups (broad SMARTS) is 1. The molecule has 0 saturated heterocycles. The molecule has 30 heavy (non-hydrogen) atoms. The van der Waals surface area contributed by atoms with Gasteiger partial charge in [0.05, 0.1) is 36.5 Å². The maximum Gasteiger partial charge on any atom is 0.405 e. The first-order valence-corrected chi connectivity index (χ1v) is 8.46. The van der Waals surface area contributed by atoms with E-state index in [2.05, 4.69) is 4.98 Å².